The molecule has 2 aromatic carbocycles. The molecule has 11 nitrogen and oxygen atoms in total. The number of rotatable bonds is 14. The van der Waals surface area contributed by atoms with E-state index < -0.39 is 47.9 Å². The van der Waals surface area contributed by atoms with Crippen LogP contribution in [0.1, 0.15) is 45.2 Å². The summed E-state index contributed by atoms with van der Waals surface area (Å²) in [4.78, 5) is 55.1. The first-order valence-corrected chi connectivity index (χ1v) is 14.1. The van der Waals surface area contributed by atoms with Crippen molar-refractivity contribution in [3.05, 3.63) is 65.9 Å². The number of aromatic amines is 1. The molecule has 0 radical (unpaired) electrons. The minimum Gasteiger partial charge on any atom is -0.508 e. The van der Waals surface area contributed by atoms with E-state index in [0.717, 1.165) is 16.5 Å². The molecule has 1 aromatic heterocycles. The van der Waals surface area contributed by atoms with E-state index in [1.54, 1.807) is 32.2 Å². The van der Waals surface area contributed by atoms with Gasteiger partial charge in [-0.1, -0.05) is 58.0 Å². The summed E-state index contributed by atoms with van der Waals surface area (Å²) in [6.45, 7) is 7.37. The number of para-hydroxylation sites is 1. The molecule has 0 aliphatic rings. The van der Waals surface area contributed by atoms with Crippen LogP contribution >= 0.6 is 0 Å². The van der Waals surface area contributed by atoms with Crippen molar-refractivity contribution in [2.75, 3.05) is 0 Å². The monoisotopic (exact) mass is 579 g/mol. The fourth-order valence-electron chi connectivity index (χ4n) is 4.62. The van der Waals surface area contributed by atoms with Gasteiger partial charge in [-0.3, -0.25) is 14.4 Å². The van der Waals surface area contributed by atoms with Crippen LogP contribution in [0.2, 0.25) is 0 Å². The number of benzene rings is 2. The van der Waals surface area contributed by atoms with Gasteiger partial charge in [0.2, 0.25) is 17.7 Å². The van der Waals surface area contributed by atoms with Crippen LogP contribution in [0.15, 0.2) is 54.7 Å². The lowest BCUT2D eigenvalue weighted by molar-refractivity contribution is -0.142. The highest BCUT2D eigenvalue weighted by Crippen LogP contribution is 2.20. The second-order valence-electron chi connectivity index (χ2n) is 11.4. The maximum absolute atomic E-state index is 13.7. The van der Waals surface area contributed by atoms with Crippen molar-refractivity contribution in [3.63, 3.8) is 0 Å². The first-order valence-electron chi connectivity index (χ1n) is 14.1. The highest BCUT2D eigenvalue weighted by Gasteiger charge is 2.32. The molecule has 4 atom stereocenters. The number of carbonyl (C=O) groups is 4. The molecule has 1 heterocycles. The zero-order chi connectivity index (χ0) is 31.0. The van der Waals surface area contributed by atoms with Crippen molar-refractivity contribution in [1.29, 1.82) is 0 Å². The molecule has 8 N–H and O–H groups in total. The van der Waals surface area contributed by atoms with Gasteiger partial charge >= 0.3 is 5.97 Å². The number of nitrogens with two attached hydrogens (primary N) is 1. The van der Waals surface area contributed by atoms with E-state index >= 15 is 0 Å². The van der Waals surface area contributed by atoms with Crippen molar-refractivity contribution >= 4 is 34.6 Å². The van der Waals surface area contributed by atoms with Crippen LogP contribution in [-0.4, -0.2) is 63.1 Å². The molecule has 0 fully saturated rings. The van der Waals surface area contributed by atoms with Crippen molar-refractivity contribution in [2.45, 2.75) is 71.1 Å². The Labute approximate surface area is 245 Å². The molecule has 3 amide bonds. The third-order valence-corrected chi connectivity index (χ3v) is 7.08. The standard InChI is InChI=1S/C31H41N5O6/c1-17(2)13-24(28(38)36-26(31(41)42)14-19-9-11-21(37)12-10-19)34-29(39)25(35-30(40)27(32)18(3)4)15-20-16-33-23-8-6-5-7-22(20)23/h5-12,16-18,24-27,33,37H,13-15,32H2,1-4H3,(H,34,39)(H,35,40)(H,36,38)(H,41,42). The number of hydrogen-bond donors (Lipinski definition) is 7. The first-order chi connectivity index (χ1) is 19.8. The number of carbonyl (C=O) groups excluding carboxylic acids is 3. The van der Waals surface area contributed by atoms with Gasteiger partial charge < -0.3 is 36.9 Å². The lowest BCUT2D eigenvalue weighted by Crippen LogP contribution is -2.58. The Bertz CT molecular complexity index is 1380. The van der Waals surface area contributed by atoms with E-state index in [1.165, 1.54) is 12.1 Å². The van der Waals surface area contributed by atoms with Gasteiger partial charge in [0.15, 0.2) is 0 Å². The number of fused-ring (bicyclic) bond motifs is 1. The molecule has 42 heavy (non-hydrogen) atoms. The molecule has 4 unspecified atom stereocenters. The molecular formula is C31H41N5O6. The topological polar surface area (TPSA) is 187 Å². The van der Waals surface area contributed by atoms with Crippen molar-refractivity contribution in [1.82, 2.24) is 20.9 Å². The summed E-state index contributed by atoms with van der Waals surface area (Å²) in [5.41, 5.74) is 8.34. The Kier molecular flexibility index (Phi) is 11.1. The van der Waals surface area contributed by atoms with E-state index in [4.69, 9.17) is 5.73 Å². The molecule has 0 aliphatic heterocycles. The highest BCUT2D eigenvalue weighted by molar-refractivity contribution is 5.95. The van der Waals surface area contributed by atoms with Crippen molar-refractivity contribution in [2.24, 2.45) is 17.6 Å². The predicted molar refractivity (Wildman–Crippen MR) is 160 cm³/mol. The lowest BCUT2D eigenvalue weighted by Gasteiger charge is -2.26. The zero-order valence-corrected chi connectivity index (χ0v) is 24.4. The second-order valence-corrected chi connectivity index (χ2v) is 11.4. The van der Waals surface area contributed by atoms with Gasteiger partial charge in [0.25, 0.3) is 0 Å². The van der Waals surface area contributed by atoms with Crippen LogP contribution in [0.3, 0.4) is 0 Å². The molecule has 0 saturated carbocycles. The molecule has 0 spiro atoms. The average molecular weight is 580 g/mol. The third kappa shape index (κ3) is 8.81. The number of phenolic OH excluding ortho intramolecular Hbond substituents is 1. The van der Waals surface area contributed by atoms with Crippen molar-refractivity contribution < 1.29 is 29.4 Å². The van der Waals surface area contributed by atoms with Gasteiger partial charge in [0.05, 0.1) is 6.04 Å². The van der Waals surface area contributed by atoms with Crippen LogP contribution < -0.4 is 21.7 Å². The second kappa shape index (κ2) is 14.5. The molecular weight excluding hydrogens is 538 g/mol. The maximum Gasteiger partial charge on any atom is 0.326 e. The van der Waals surface area contributed by atoms with E-state index in [9.17, 15) is 29.4 Å². The quantitative estimate of drug-likeness (QED) is 0.152. The summed E-state index contributed by atoms with van der Waals surface area (Å²) >= 11 is 0. The number of H-pyrrole nitrogens is 1. The molecule has 3 rings (SSSR count). The summed E-state index contributed by atoms with van der Waals surface area (Å²) < 4.78 is 0. The summed E-state index contributed by atoms with van der Waals surface area (Å²) in [5, 5.41) is 28.3. The smallest absolute Gasteiger partial charge is 0.326 e. The number of aromatic nitrogens is 1. The molecule has 0 aliphatic carbocycles. The normalized spacial score (nSPS) is 14.3. The molecule has 226 valence electrons. The van der Waals surface area contributed by atoms with Gasteiger partial charge in [-0.25, -0.2) is 4.79 Å². The van der Waals surface area contributed by atoms with Gasteiger partial charge in [-0.05, 0) is 47.6 Å². The maximum atomic E-state index is 13.7. The lowest BCUT2D eigenvalue weighted by atomic mass is 9.99. The molecule has 3 aromatic rings. The number of nitrogens with one attached hydrogen (secondary N) is 4. The average Bonchev–Trinajstić information content (AvgIpc) is 3.34. The number of carboxylic acid groups (broad SMARTS) is 1. The summed E-state index contributed by atoms with van der Waals surface area (Å²) in [6, 6.07) is 9.39. The summed E-state index contributed by atoms with van der Waals surface area (Å²) in [5.74, 6) is -3.11. The van der Waals surface area contributed by atoms with Crippen LogP contribution in [0.25, 0.3) is 10.9 Å². The largest absolute Gasteiger partial charge is 0.508 e. The third-order valence-electron chi connectivity index (χ3n) is 7.08. The fraction of sp³-hybridized carbons (Fsp3) is 0.419. The Morgan fingerprint density at radius 2 is 1.40 bits per heavy atom. The summed E-state index contributed by atoms with van der Waals surface area (Å²) in [7, 11) is 0. The van der Waals surface area contributed by atoms with Crippen LogP contribution in [0, 0.1) is 11.8 Å². The summed E-state index contributed by atoms with van der Waals surface area (Å²) in [6.07, 6.45) is 2.14. The Morgan fingerprint density at radius 3 is 2.02 bits per heavy atom. The van der Waals surface area contributed by atoms with E-state index in [0.29, 0.717) is 5.56 Å². The van der Waals surface area contributed by atoms with Crippen LogP contribution in [0.4, 0.5) is 0 Å². The number of aromatic hydroxyl groups is 1. The number of amides is 3. The Balaban J connectivity index is 1.82. The predicted octanol–water partition coefficient (Wildman–Crippen LogP) is 2.23. The zero-order valence-electron chi connectivity index (χ0n) is 24.4. The number of phenols is 1. The van der Waals surface area contributed by atoms with Gasteiger partial charge in [0, 0.05) is 29.9 Å². The molecule has 0 saturated heterocycles. The number of carboxylic acids is 1. The van der Waals surface area contributed by atoms with Gasteiger partial charge in [-0.2, -0.15) is 0 Å². The van der Waals surface area contributed by atoms with Crippen LogP contribution in [-0.2, 0) is 32.0 Å². The SMILES string of the molecule is CC(C)CC(NC(=O)C(Cc1c[nH]c2ccccc12)NC(=O)C(N)C(C)C)C(=O)NC(Cc1ccc(O)cc1)C(=O)O. The highest BCUT2D eigenvalue weighted by atomic mass is 16.4. The van der Waals surface area contributed by atoms with E-state index in [1.807, 2.05) is 38.1 Å². The minimum absolute atomic E-state index is 0.0163. The van der Waals surface area contributed by atoms with Gasteiger partial charge in [0.1, 0.15) is 23.9 Å². The van der Waals surface area contributed by atoms with E-state index in [-0.39, 0.29) is 36.8 Å². The fourth-order valence-corrected chi connectivity index (χ4v) is 4.62. The Hall–Kier alpha value is -4.38. The molecule has 11 heteroatoms. The van der Waals surface area contributed by atoms with E-state index in [2.05, 4.69) is 20.9 Å². The number of hydrogen-bond acceptors (Lipinski definition) is 6. The Morgan fingerprint density at radius 1 is 0.810 bits per heavy atom. The first kappa shape index (κ1) is 32.1. The minimum atomic E-state index is -1.26. The molecule has 0 bridgehead atoms. The van der Waals surface area contributed by atoms with Crippen molar-refractivity contribution in [3.8, 4) is 5.75 Å². The number of aliphatic carboxylic acids is 1. The van der Waals surface area contributed by atoms with Crippen LogP contribution in [0.5, 0.6) is 5.75 Å². The van der Waals surface area contributed by atoms with Gasteiger partial charge in [-0.15, -0.1) is 0 Å².